The second kappa shape index (κ2) is 8.92. The van der Waals surface area contributed by atoms with E-state index in [1.165, 1.54) is 25.8 Å². The lowest BCUT2D eigenvalue weighted by atomic mass is 9.81. The average molecular weight is 256 g/mol. The van der Waals surface area contributed by atoms with Crippen LogP contribution in [0.1, 0.15) is 60.8 Å². The molecule has 0 fully saturated rings. The normalized spacial score (nSPS) is 14.5. The van der Waals surface area contributed by atoms with E-state index in [0.717, 1.165) is 19.0 Å². The number of rotatable bonds is 10. The van der Waals surface area contributed by atoms with Crippen molar-refractivity contribution in [2.75, 3.05) is 26.7 Å². The van der Waals surface area contributed by atoms with Gasteiger partial charge in [-0.2, -0.15) is 0 Å². The van der Waals surface area contributed by atoms with E-state index in [-0.39, 0.29) is 0 Å². The number of hydrogen-bond acceptors (Lipinski definition) is 2. The molecule has 0 radical (unpaired) electrons. The van der Waals surface area contributed by atoms with Gasteiger partial charge < -0.3 is 10.2 Å². The highest BCUT2D eigenvalue weighted by Gasteiger charge is 2.28. The van der Waals surface area contributed by atoms with Gasteiger partial charge >= 0.3 is 0 Å². The van der Waals surface area contributed by atoms with Crippen LogP contribution in [0, 0.1) is 11.3 Å². The SMILES string of the molecule is CCC(C)N(C)CC(CC)(CC)CNCC(C)C. The molecule has 0 aliphatic rings. The summed E-state index contributed by atoms with van der Waals surface area (Å²) in [5, 5.41) is 3.66. The molecule has 0 aromatic rings. The van der Waals surface area contributed by atoms with Crippen LogP contribution in [0.2, 0.25) is 0 Å². The third-order valence-electron chi connectivity index (χ3n) is 4.48. The van der Waals surface area contributed by atoms with Gasteiger partial charge in [0, 0.05) is 19.1 Å². The fourth-order valence-electron chi connectivity index (χ4n) is 2.40. The van der Waals surface area contributed by atoms with Crippen molar-refractivity contribution in [3.8, 4) is 0 Å². The third kappa shape index (κ3) is 6.19. The lowest BCUT2D eigenvalue weighted by molar-refractivity contribution is 0.125. The van der Waals surface area contributed by atoms with Crippen LogP contribution in [0.3, 0.4) is 0 Å². The van der Waals surface area contributed by atoms with E-state index in [2.05, 4.69) is 58.8 Å². The van der Waals surface area contributed by atoms with E-state index in [0.29, 0.717) is 11.5 Å². The van der Waals surface area contributed by atoms with Crippen molar-refractivity contribution in [3.05, 3.63) is 0 Å². The van der Waals surface area contributed by atoms with E-state index in [9.17, 15) is 0 Å². The van der Waals surface area contributed by atoms with Crippen LogP contribution >= 0.6 is 0 Å². The highest BCUT2D eigenvalue weighted by molar-refractivity contribution is 4.83. The summed E-state index contributed by atoms with van der Waals surface area (Å²) in [6.45, 7) is 17.3. The van der Waals surface area contributed by atoms with Gasteiger partial charge in [0.2, 0.25) is 0 Å². The summed E-state index contributed by atoms with van der Waals surface area (Å²) in [6, 6.07) is 0.688. The molecule has 0 saturated heterocycles. The molecule has 0 aliphatic carbocycles. The first-order valence-corrected chi connectivity index (χ1v) is 7.81. The summed E-state index contributed by atoms with van der Waals surface area (Å²) < 4.78 is 0. The van der Waals surface area contributed by atoms with Crippen LogP contribution in [0.25, 0.3) is 0 Å². The van der Waals surface area contributed by atoms with Gasteiger partial charge in [0.05, 0.1) is 0 Å². The standard InChI is InChI=1S/C16H36N2/c1-8-15(6)18(7)13-16(9-2,10-3)12-17-11-14(4)5/h14-15,17H,8-13H2,1-7H3. The van der Waals surface area contributed by atoms with Gasteiger partial charge in [-0.3, -0.25) is 0 Å². The Labute approximate surface area is 116 Å². The summed E-state index contributed by atoms with van der Waals surface area (Å²) >= 11 is 0. The molecule has 1 N–H and O–H groups in total. The molecule has 0 saturated carbocycles. The largest absolute Gasteiger partial charge is 0.316 e. The van der Waals surface area contributed by atoms with Gasteiger partial charge in [-0.25, -0.2) is 0 Å². The molecule has 0 aliphatic heterocycles. The van der Waals surface area contributed by atoms with Crippen LogP contribution in [0.15, 0.2) is 0 Å². The fraction of sp³-hybridized carbons (Fsp3) is 1.00. The van der Waals surface area contributed by atoms with E-state index in [1.807, 2.05) is 0 Å². The van der Waals surface area contributed by atoms with Crippen molar-refractivity contribution >= 4 is 0 Å². The minimum absolute atomic E-state index is 0.438. The van der Waals surface area contributed by atoms with Crippen molar-refractivity contribution < 1.29 is 0 Å². The van der Waals surface area contributed by atoms with Crippen LogP contribution in [-0.2, 0) is 0 Å². The predicted molar refractivity (Wildman–Crippen MR) is 83.1 cm³/mol. The van der Waals surface area contributed by atoms with Gasteiger partial charge in [0.1, 0.15) is 0 Å². The first kappa shape index (κ1) is 17.9. The van der Waals surface area contributed by atoms with Crippen LogP contribution in [0.4, 0.5) is 0 Å². The Morgan fingerprint density at radius 2 is 1.61 bits per heavy atom. The summed E-state index contributed by atoms with van der Waals surface area (Å²) in [5.41, 5.74) is 0.438. The maximum Gasteiger partial charge on any atom is 0.00614 e. The van der Waals surface area contributed by atoms with Gasteiger partial charge in [-0.1, -0.05) is 34.6 Å². The molecule has 0 spiro atoms. The zero-order chi connectivity index (χ0) is 14.2. The van der Waals surface area contributed by atoms with Gasteiger partial charge in [0.25, 0.3) is 0 Å². The molecular weight excluding hydrogens is 220 g/mol. The maximum atomic E-state index is 3.66. The van der Waals surface area contributed by atoms with Crippen molar-refractivity contribution in [1.82, 2.24) is 10.2 Å². The lowest BCUT2D eigenvalue weighted by Gasteiger charge is -2.38. The molecule has 0 bridgehead atoms. The molecule has 110 valence electrons. The lowest BCUT2D eigenvalue weighted by Crippen LogP contribution is -2.45. The van der Waals surface area contributed by atoms with Crippen molar-refractivity contribution in [2.45, 2.75) is 66.8 Å². The van der Waals surface area contributed by atoms with Crippen LogP contribution in [-0.4, -0.2) is 37.6 Å². The molecule has 0 aromatic heterocycles. The highest BCUT2D eigenvalue weighted by atomic mass is 15.1. The predicted octanol–water partition coefficient (Wildman–Crippen LogP) is 3.77. The van der Waals surface area contributed by atoms with E-state index in [4.69, 9.17) is 0 Å². The molecule has 0 amide bonds. The molecule has 1 atom stereocenters. The first-order valence-electron chi connectivity index (χ1n) is 7.81. The van der Waals surface area contributed by atoms with Crippen molar-refractivity contribution in [3.63, 3.8) is 0 Å². The molecule has 1 unspecified atom stereocenters. The quantitative estimate of drug-likeness (QED) is 0.640. The van der Waals surface area contributed by atoms with Crippen LogP contribution < -0.4 is 5.32 Å². The molecule has 0 rings (SSSR count). The minimum atomic E-state index is 0.438. The van der Waals surface area contributed by atoms with E-state index < -0.39 is 0 Å². The molecule has 0 aromatic carbocycles. The van der Waals surface area contributed by atoms with Crippen LogP contribution in [0.5, 0.6) is 0 Å². The zero-order valence-corrected chi connectivity index (χ0v) is 13.8. The second-order valence-corrected chi connectivity index (χ2v) is 6.40. The fourth-order valence-corrected chi connectivity index (χ4v) is 2.40. The van der Waals surface area contributed by atoms with Gasteiger partial charge in [-0.15, -0.1) is 0 Å². The molecule has 0 heterocycles. The minimum Gasteiger partial charge on any atom is -0.316 e. The Kier molecular flexibility index (Phi) is 8.89. The Morgan fingerprint density at radius 1 is 1.06 bits per heavy atom. The van der Waals surface area contributed by atoms with Gasteiger partial charge in [-0.05, 0) is 51.1 Å². The summed E-state index contributed by atoms with van der Waals surface area (Å²) in [5.74, 6) is 0.740. The summed E-state index contributed by atoms with van der Waals surface area (Å²) in [6.07, 6.45) is 3.75. The molecule has 18 heavy (non-hydrogen) atoms. The highest BCUT2D eigenvalue weighted by Crippen LogP contribution is 2.27. The topological polar surface area (TPSA) is 15.3 Å². The average Bonchev–Trinajstić information content (AvgIpc) is 2.35. The number of nitrogens with one attached hydrogen (secondary N) is 1. The zero-order valence-electron chi connectivity index (χ0n) is 13.8. The van der Waals surface area contributed by atoms with Crippen molar-refractivity contribution in [1.29, 1.82) is 0 Å². The summed E-state index contributed by atoms with van der Waals surface area (Å²) in [4.78, 5) is 2.53. The van der Waals surface area contributed by atoms with E-state index in [1.54, 1.807) is 0 Å². The third-order valence-corrected chi connectivity index (χ3v) is 4.48. The summed E-state index contributed by atoms with van der Waals surface area (Å²) in [7, 11) is 2.27. The Hall–Kier alpha value is -0.0800. The number of nitrogens with zero attached hydrogens (tertiary/aromatic N) is 1. The monoisotopic (exact) mass is 256 g/mol. The Bertz CT molecular complexity index is 197. The van der Waals surface area contributed by atoms with Gasteiger partial charge in [0.15, 0.2) is 0 Å². The maximum absolute atomic E-state index is 3.66. The first-order chi connectivity index (χ1) is 8.40. The second-order valence-electron chi connectivity index (χ2n) is 6.40. The van der Waals surface area contributed by atoms with E-state index >= 15 is 0 Å². The molecule has 2 heteroatoms. The Balaban J connectivity index is 4.41. The smallest absolute Gasteiger partial charge is 0.00614 e. The number of hydrogen-bond donors (Lipinski definition) is 1. The Morgan fingerprint density at radius 3 is 2.00 bits per heavy atom. The molecular formula is C16H36N2. The van der Waals surface area contributed by atoms with Crippen molar-refractivity contribution in [2.24, 2.45) is 11.3 Å². The molecule has 2 nitrogen and oxygen atoms in total.